The molecule has 0 unspecified atom stereocenters. The molecule has 0 bridgehead atoms. The summed E-state index contributed by atoms with van der Waals surface area (Å²) in [4.78, 5) is 13.2. The molecule has 0 radical (unpaired) electrons. The molecule has 1 aliphatic heterocycles. The van der Waals surface area contributed by atoms with Gasteiger partial charge in [-0.25, -0.2) is 0 Å². The van der Waals surface area contributed by atoms with Crippen molar-refractivity contribution < 1.29 is 14.6 Å². The number of aliphatic carboxylic acids is 1. The Morgan fingerprint density at radius 3 is 2.76 bits per heavy atom. The zero-order chi connectivity index (χ0) is 18.4. The molecule has 1 N–H and O–H groups in total. The van der Waals surface area contributed by atoms with Gasteiger partial charge in [-0.1, -0.05) is 24.3 Å². The Kier molecular flexibility index (Phi) is 6.59. The number of ether oxygens (including phenoxy) is 1. The number of allylic oxidation sites excluding steroid dienone is 4. The smallest absolute Gasteiger partial charge is 0.307 e. The molecule has 0 amide bonds. The fraction of sp³-hybridized carbons (Fsp3) is 0.381. The molecule has 4 heteroatoms. The van der Waals surface area contributed by atoms with E-state index < -0.39 is 5.97 Å². The summed E-state index contributed by atoms with van der Waals surface area (Å²) in [5.41, 5.74) is 5.21. The molecule has 0 atom stereocenters. The number of rotatable bonds is 6. The topological polar surface area (TPSA) is 49.8 Å². The fourth-order valence-corrected chi connectivity index (χ4v) is 2.92. The number of hydrogen-bond donors (Lipinski definition) is 1. The minimum atomic E-state index is -0.826. The van der Waals surface area contributed by atoms with Crippen LogP contribution in [0.5, 0.6) is 5.75 Å². The van der Waals surface area contributed by atoms with Gasteiger partial charge in [0.15, 0.2) is 0 Å². The summed E-state index contributed by atoms with van der Waals surface area (Å²) < 4.78 is 5.96. The van der Waals surface area contributed by atoms with Crippen molar-refractivity contribution in [1.82, 2.24) is 4.90 Å². The maximum atomic E-state index is 11.1. The van der Waals surface area contributed by atoms with Crippen molar-refractivity contribution in [3.8, 4) is 5.75 Å². The van der Waals surface area contributed by atoms with Gasteiger partial charge in [0.25, 0.3) is 0 Å². The van der Waals surface area contributed by atoms with Gasteiger partial charge in [0.05, 0.1) is 6.42 Å². The van der Waals surface area contributed by atoms with E-state index in [9.17, 15) is 4.79 Å². The first kappa shape index (κ1) is 19.0. The van der Waals surface area contributed by atoms with Crippen LogP contribution in [0, 0.1) is 0 Å². The zero-order valence-corrected chi connectivity index (χ0v) is 15.5. The number of nitrogens with zero attached hydrogens (tertiary/aromatic N) is 1. The highest BCUT2D eigenvalue weighted by atomic mass is 16.5. The Morgan fingerprint density at radius 1 is 1.36 bits per heavy atom. The van der Waals surface area contributed by atoms with Crippen molar-refractivity contribution in [1.29, 1.82) is 0 Å². The van der Waals surface area contributed by atoms with E-state index >= 15 is 0 Å². The minimum absolute atomic E-state index is 0.0138. The Morgan fingerprint density at radius 2 is 2.12 bits per heavy atom. The molecule has 0 saturated heterocycles. The number of carboxylic acids is 1. The predicted molar refractivity (Wildman–Crippen MR) is 102 cm³/mol. The molecule has 0 aromatic heterocycles. The second kappa shape index (κ2) is 8.67. The summed E-state index contributed by atoms with van der Waals surface area (Å²) in [6, 6.07) is 5.67. The molecule has 0 aliphatic carbocycles. The van der Waals surface area contributed by atoms with Gasteiger partial charge in [-0.3, -0.25) is 4.79 Å². The van der Waals surface area contributed by atoms with E-state index in [0.29, 0.717) is 6.61 Å². The normalized spacial score (nSPS) is 16.3. The van der Waals surface area contributed by atoms with Gasteiger partial charge in [0.1, 0.15) is 12.4 Å². The van der Waals surface area contributed by atoms with Crippen molar-refractivity contribution in [2.75, 3.05) is 27.2 Å². The van der Waals surface area contributed by atoms with E-state index in [1.54, 1.807) is 0 Å². The highest BCUT2D eigenvalue weighted by Gasteiger charge is 2.19. The molecule has 4 nitrogen and oxygen atoms in total. The van der Waals surface area contributed by atoms with Gasteiger partial charge in [0.2, 0.25) is 0 Å². The van der Waals surface area contributed by atoms with Crippen LogP contribution in [-0.2, 0) is 11.2 Å². The van der Waals surface area contributed by atoms with Gasteiger partial charge in [0, 0.05) is 12.1 Å². The maximum Gasteiger partial charge on any atom is 0.307 e. The van der Waals surface area contributed by atoms with Crippen molar-refractivity contribution in [2.24, 2.45) is 0 Å². The Hall–Kier alpha value is -2.33. The first-order valence-corrected chi connectivity index (χ1v) is 8.58. The second-order valence-corrected chi connectivity index (χ2v) is 6.59. The van der Waals surface area contributed by atoms with E-state index in [1.807, 2.05) is 31.2 Å². The van der Waals surface area contributed by atoms with Gasteiger partial charge in [-0.15, -0.1) is 0 Å². The SMILES string of the molecule is C/C=C\C1=C(C)COc2ccc(CC(=O)O)cc2/C1=C\CCN(C)C. The highest BCUT2D eigenvalue weighted by molar-refractivity contribution is 5.86. The molecule has 0 saturated carbocycles. The van der Waals surface area contributed by atoms with Crippen LogP contribution in [0.1, 0.15) is 31.4 Å². The van der Waals surface area contributed by atoms with Crippen molar-refractivity contribution in [3.63, 3.8) is 0 Å². The number of fused-ring (bicyclic) bond motifs is 1. The number of carbonyl (C=O) groups is 1. The Bertz CT molecular complexity index is 727. The lowest BCUT2D eigenvalue weighted by Gasteiger charge is -2.14. The monoisotopic (exact) mass is 341 g/mol. The van der Waals surface area contributed by atoms with E-state index in [4.69, 9.17) is 9.84 Å². The fourth-order valence-electron chi connectivity index (χ4n) is 2.92. The number of benzene rings is 1. The molecule has 0 fully saturated rings. The predicted octanol–water partition coefficient (Wildman–Crippen LogP) is 3.93. The average Bonchev–Trinajstić information content (AvgIpc) is 2.66. The molecule has 1 aliphatic rings. The molecule has 0 spiro atoms. The van der Waals surface area contributed by atoms with Gasteiger partial charge in [-0.2, -0.15) is 0 Å². The van der Waals surface area contributed by atoms with Crippen LogP contribution in [0.25, 0.3) is 5.57 Å². The summed E-state index contributed by atoms with van der Waals surface area (Å²) in [6.07, 6.45) is 7.31. The summed E-state index contributed by atoms with van der Waals surface area (Å²) in [5, 5.41) is 9.10. The van der Waals surface area contributed by atoms with Gasteiger partial charge >= 0.3 is 5.97 Å². The van der Waals surface area contributed by atoms with E-state index in [2.05, 4.69) is 38.1 Å². The van der Waals surface area contributed by atoms with E-state index in [1.165, 1.54) is 5.57 Å². The third-order valence-electron chi connectivity index (χ3n) is 4.14. The third-order valence-corrected chi connectivity index (χ3v) is 4.14. The van der Waals surface area contributed by atoms with Crippen LogP contribution in [0.3, 0.4) is 0 Å². The van der Waals surface area contributed by atoms with Crippen LogP contribution >= 0.6 is 0 Å². The largest absolute Gasteiger partial charge is 0.489 e. The molecular weight excluding hydrogens is 314 g/mol. The van der Waals surface area contributed by atoms with Gasteiger partial charge < -0.3 is 14.7 Å². The third kappa shape index (κ3) is 5.07. The van der Waals surface area contributed by atoms with Crippen molar-refractivity contribution in [2.45, 2.75) is 26.7 Å². The van der Waals surface area contributed by atoms with Crippen LogP contribution in [0.15, 0.2) is 47.6 Å². The zero-order valence-electron chi connectivity index (χ0n) is 15.5. The summed E-state index contributed by atoms with van der Waals surface area (Å²) in [7, 11) is 4.11. The molecule has 134 valence electrons. The standard InChI is InChI=1S/C21H27NO3/c1-5-7-17-15(2)14-25-20-10-9-16(13-21(23)24)12-19(20)18(17)8-6-11-22(3)4/h5,7-10,12H,6,11,13-14H2,1-4H3,(H,23,24)/b7-5-,18-8-. The molecular formula is C21H27NO3. The summed E-state index contributed by atoms with van der Waals surface area (Å²) in [5.74, 6) is -0.0166. The molecule has 1 heterocycles. The molecule has 1 aromatic carbocycles. The minimum Gasteiger partial charge on any atom is -0.489 e. The van der Waals surface area contributed by atoms with E-state index in [0.717, 1.165) is 41.0 Å². The highest BCUT2D eigenvalue weighted by Crippen LogP contribution is 2.37. The quantitative estimate of drug-likeness (QED) is 0.852. The molecule has 2 rings (SSSR count). The van der Waals surface area contributed by atoms with Gasteiger partial charge in [-0.05, 0) is 68.8 Å². The molecule has 1 aromatic rings. The van der Waals surface area contributed by atoms with Crippen LogP contribution in [-0.4, -0.2) is 43.2 Å². The first-order chi connectivity index (χ1) is 11.9. The maximum absolute atomic E-state index is 11.1. The molecule has 25 heavy (non-hydrogen) atoms. The van der Waals surface area contributed by atoms with Crippen molar-refractivity contribution >= 4 is 11.5 Å². The lowest BCUT2D eigenvalue weighted by molar-refractivity contribution is -0.136. The lowest BCUT2D eigenvalue weighted by Crippen LogP contribution is -2.12. The van der Waals surface area contributed by atoms with Crippen LogP contribution in [0.2, 0.25) is 0 Å². The van der Waals surface area contributed by atoms with Crippen LogP contribution < -0.4 is 4.74 Å². The summed E-state index contributed by atoms with van der Waals surface area (Å²) >= 11 is 0. The number of hydrogen-bond acceptors (Lipinski definition) is 3. The van der Waals surface area contributed by atoms with Crippen LogP contribution in [0.4, 0.5) is 0 Å². The van der Waals surface area contributed by atoms with Crippen molar-refractivity contribution in [3.05, 3.63) is 58.7 Å². The summed E-state index contributed by atoms with van der Waals surface area (Å²) in [6.45, 7) is 5.58. The average molecular weight is 341 g/mol. The van der Waals surface area contributed by atoms with E-state index in [-0.39, 0.29) is 6.42 Å². The Labute approximate surface area is 150 Å². The Balaban J connectivity index is 2.53. The first-order valence-electron chi connectivity index (χ1n) is 8.58. The second-order valence-electron chi connectivity index (χ2n) is 6.59. The lowest BCUT2D eigenvalue weighted by atomic mass is 9.91. The number of carboxylic acid groups (broad SMARTS) is 1.